The average molecular weight is 206 g/mol. The van der Waals surface area contributed by atoms with Gasteiger partial charge in [-0.1, -0.05) is 0 Å². The van der Waals surface area contributed by atoms with Gasteiger partial charge in [-0.3, -0.25) is 9.59 Å². The molecule has 0 bridgehead atoms. The molecule has 0 fully saturated rings. The van der Waals surface area contributed by atoms with Crippen molar-refractivity contribution in [1.82, 2.24) is 0 Å². The summed E-state index contributed by atoms with van der Waals surface area (Å²) in [6.45, 7) is 1.30. The molecule has 14 heavy (non-hydrogen) atoms. The summed E-state index contributed by atoms with van der Waals surface area (Å²) in [7, 11) is 5.36. The predicted molar refractivity (Wildman–Crippen MR) is 50.8 cm³/mol. The van der Waals surface area contributed by atoms with E-state index in [9.17, 15) is 14.7 Å². The normalized spacial score (nSPS) is 16.1. The summed E-state index contributed by atoms with van der Waals surface area (Å²) in [5.41, 5.74) is -1.76. The SMILES string of the molecule is C[N+](C)(C)CC(O)(CC(=O)O)C([14CH3])=O. The van der Waals surface area contributed by atoms with Gasteiger partial charge in [-0.15, -0.1) is 0 Å². The maximum Gasteiger partial charge on any atom is 0.306 e. The smallest absolute Gasteiger partial charge is 0.306 e. The van der Waals surface area contributed by atoms with Gasteiger partial charge in [0.2, 0.25) is 0 Å². The van der Waals surface area contributed by atoms with Crippen LogP contribution >= 0.6 is 0 Å². The molecule has 0 rings (SSSR count). The second-order valence-electron chi connectivity index (χ2n) is 4.61. The van der Waals surface area contributed by atoms with Gasteiger partial charge in [-0.25, -0.2) is 0 Å². The van der Waals surface area contributed by atoms with Crippen molar-refractivity contribution >= 4 is 11.8 Å². The van der Waals surface area contributed by atoms with Crippen molar-refractivity contribution in [2.75, 3.05) is 27.7 Å². The molecule has 82 valence electrons. The van der Waals surface area contributed by atoms with Crippen LogP contribution in [0.2, 0.25) is 0 Å². The summed E-state index contributed by atoms with van der Waals surface area (Å²) in [5, 5.41) is 18.4. The van der Waals surface area contributed by atoms with Crippen molar-refractivity contribution in [2.45, 2.75) is 18.9 Å². The summed E-state index contributed by atoms with van der Waals surface area (Å²) in [4.78, 5) is 21.6. The molecule has 0 aromatic rings. The number of rotatable bonds is 5. The van der Waals surface area contributed by atoms with E-state index in [0.717, 1.165) is 0 Å². The number of carbonyl (C=O) groups excluding carboxylic acids is 1. The Labute approximate surface area is 83.5 Å². The Balaban J connectivity index is 4.73. The molecule has 0 saturated heterocycles. The third-order valence-electron chi connectivity index (χ3n) is 1.83. The molecule has 1 unspecified atom stereocenters. The lowest BCUT2D eigenvalue weighted by Gasteiger charge is -2.32. The third-order valence-corrected chi connectivity index (χ3v) is 1.83. The summed E-state index contributed by atoms with van der Waals surface area (Å²) >= 11 is 0. The first kappa shape index (κ1) is 13.1. The van der Waals surface area contributed by atoms with Crippen LogP contribution < -0.4 is 0 Å². The van der Waals surface area contributed by atoms with Gasteiger partial charge < -0.3 is 14.7 Å². The van der Waals surface area contributed by atoms with E-state index < -0.39 is 23.8 Å². The van der Waals surface area contributed by atoms with E-state index >= 15 is 0 Å². The standard InChI is InChI=1S/C9H17NO4/c1-7(11)9(14,5-8(12)13)6-10(2,3)4/h14H,5-6H2,1-4H3/p+1/i1+2. The van der Waals surface area contributed by atoms with Crippen LogP contribution in [0.15, 0.2) is 0 Å². The number of carboxylic acids is 1. The number of nitrogens with zero attached hydrogens (tertiary/aromatic N) is 1. The van der Waals surface area contributed by atoms with Gasteiger partial charge in [0.05, 0.1) is 27.6 Å². The number of aliphatic hydroxyl groups is 1. The Kier molecular flexibility index (Phi) is 3.79. The van der Waals surface area contributed by atoms with E-state index in [4.69, 9.17) is 5.11 Å². The highest BCUT2D eigenvalue weighted by atomic mass is 16.4. The monoisotopic (exact) mass is 206 g/mol. The molecule has 0 aromatic heterocycles. The number of likely N-dealkylation sites (N-methyl/N-ethyl adjacent to an activating group) is 1. The fourth-order valence-electron chi connectivity index (χ4n) is 1.33. The molecule has 0 aliphatic rings. The van der Waals surface area contributed by atoms with Gasteiger partial charge in [0.25, 0.3) is 0 Å². The highest BCUT2D eigenvalue weighted by molar-refractivity contribution is 5.89. The fourth-order valence-corrected chi connectivity index (χ4v) is 1.33. The van der Waals surface area contributed by atoms with Crippen molar-refractivity contribution in [3.63, 3.8) is 0 Å². The van der Waals surface area contributed by atoms with E-state index in [-0.39, 0.29) is 6.54 Å². The summed E-state index contributed by atoms with van der Waals surface area (Å²) < 4.78 is 0.337. The van der Waals surface area contributed by atoms with Crippen LogP contribution in [0.3, 0.4) is 0 Å². The summed E-state index contributed by atoms with van der Waals surface area (Å²) in [6, 6.07) is 0. The molecule has 0 spiro atoms. The van der Waals surface area contributed by atoms with Crippen LogP contribution in [0.25, 0.3) is 0 Å². The Morgan fingerprint density at radius 3 is 2.00 bits per heavy atom. The lowest BCUT2D eigenvalue weighted by atomic mass is 9.98. The lowest BCUT2D eigenvalue weighted by molar-refractivity contribution is -0.875. The van der Waals surface area contributed by atoms with E-state index in [2.05, 4.69) is 0 Å². The number of ketones is 1. The zero-order chi connectivity index (χ0) is 11.6. The first-order valence-corrected chi connectivity index (χ1v) is 4.32. The third kappa shape index (κ3) is 4.34. The second-order valence-corrected chi connectivity index (χ2v) is 4.61. The maximum absolute atomic E-state index is 11.2. The first-order chi connectivity index (χ1) is 6.07. The van der Waals surface area contributed by atoms with Gasteiger partial charge >= 0.3 is 5.97 Å². The molecule has 0 heterocycles. The van der Waals surface area contributed by atoms with Crippen LogP contribution in [0.4, 0.5) is 0 Å². The minimum Gasteiger partial charge on any atom is -0.481 e. The lowest BCUT2D eigenvalue weighted by Crippen LogP contribution is -2.54. The highest BCUT2D eigenvalue weighted by Gasteiger charge is 2.40. The van der Waals surface area contributed by atoms with Crippen molar-refractivity contribution in [2.24, 2.45) is 0 Å². The molecule has 5 nitrogen and oxygen atoms in total. The molecule has 1 atom stereocenters. The Morgan fingerprint density at radius 2 is 1.79 bits per heavy atom. The van der Waals surface area contributed by atoms with E-state index in [1.165, 1.54) is 6.92 Å². The first-order valence-electron chi connectivity index (χ1n) is 4.32. The number of Topliss-reactive ketones (excluding diaryl/α,β-unsaturated/α-hetero) is 1. The Bertz CT molecular complexity index is 244. The number of aliphatic carboxylic acids is 1. The fraction of sp³-hybridized carbons (Fsp3) is 0.778. The van der Waals surface area contributed by atoms with Crippen LogP contribution in [-0.2, 0) is 9.59 Å². The Morgan fingerprint density at radius 1 is 1.36 bits per heavy atom. The van der Waals surface area contributed by atoms with Gasteiger partial charge in [0.1, 0.15) is 6.54 Å². The highest BCUT2D eigenvalue weighted by Crippen LogP contribution is 2.15. The van der Waals surface area contributed by atoms with Crippen molar-refractivity contribution in [3.05, 3.63) is 0 Å². The van der Waals surface area contributed by atoms with E-state index in [0.29, 0.717) is 4.48 Å². The van der Waals surface area contributed by atoms with Crippen LogP contribution in [0, 0.1) is 0 Å². The molecule has 0 amide bonds. The molecule has 0 aliphatic carbocycles. The molecule has 0 aromatic carbocycles. The Hall–Kier alpha value is -0.940. The van der Waals surface area contributed by atoms with E-state index in [1.807, 2.05) is 0 Å². The number of carbonyl (C=O) groups is 2. The van der Waals surface area contributed by atoms with E-state index in [1.54, 1.807) is 21.1 Å². The van der Waals surface area contributed by atoms with Gasteiger partial charge in [0, 0.05) is 0 Å². The van der Waals surface area contributed by atoms with Crippen molar-refractivity contribution in [3.8, 4) is 0 Å². The van der Waals surface area contributed by atoms with Gasteiger partial charge in [-0.2, -0.15) is 0 Å². The minimum absolute atomic E-state index is 0.0919. The van der Waals surface area contributed by atoms with Crippen molar-refractivity contribution in [1.29, 1.82) is 0 Å². The number of carboxylic acid groups (broad SMARTS) is 1. The van der Waals surface area contributed by atoms with Crippen LogP contribution in [0.1, 0.15) is 13.3 Å². The van der Waals surface area contributed by atoms with Gasteiger partial charge in [-0.05, 0) is 6.92 Å². The van der Waals surface area contributed by atoms with Gasteiger partial charge in [0.15, 0.2) is 11.4 Å². The molecule has 0 radical (unpaired) electrons. The predicted octanol–water partition coefficient (Wildman–Crippen LogP) is -0.513. The molecule has 2 N–H and O–H groups in total. The van der Waals surface area contributed by atoms with Crippen molar-refractivity contribution < 1.29 is 24.3 Å². The zero-order valence-corrected chi connectivity index (χ0v) is 9.07. The molecular weight excluding hydrogens is 188 g/mol. The second kappa shape index (κ2) is 4.06. The molecule has 0 saturated carbocycles. The summed E-state index contributed by atoms with van der Waals surface area (Å²) in [5.74, 6) is -1.68. The molecular formula is C9H18NO4+. The topological polar surface area (TPSA) is 74.6 Å². The quantitative estimate of drug-likeness (QED) is 0.594. The number of quaternary nitrogens is 1. The maximum atomic E-state index is 11.2. The largest absolute Gasteiger partial charge is 0.481 e. The number of hydrogen-bond acceptors (Lipinski definition) is 3. The molecule has 0 aliphatic heterocycles. The van der Waals surface area contributed by atoms with Crippen LogP contribution in [-0.4, -0.2) is 59.7 Å². The molecule has 5 heteroatoms. The van der Waals surface area contributed by atoms with Crippen LogP contribution in [0.5, 0.6) is 0 Å². The zero-order valence-electron chi connectivity index (χ0n) is 9.07. The number of hydrogen-bond donors (Lipinski definition) is 2. The average Bonchev–Trinajstić information content (AvgIpc) is 1.79. The minimum atomic E-state index is -1.76. The summed E-state index contributed by atoms with van der Waals surface area (Å²) in [6.07, 6.45) is -0.544.